The van der Waals surface area contributed by atoms with E-state index in [0.717, 1.165) is 22.5 Å². The van der Waals surface area contributed by atoms with Crippen molar-refractivity contribution in [3.8, 4) is 17.6 Å². The number of rotatable bonds is 4. The zero-order chi connectivity index (χ0) is 23.9. The first kappa shape index (κ1) is 22.5. The second-order valence-electron chi connectivity index (χ2n) is 9.43. The number of anilines is 1. The van der Waals surface area contributed by atoms with Crippen LogP contribution in [0.25, 0.3) is 0 Å². The lowest BCUT2D eigenvalue weighted by molar-refractivity contribution is -0.118. The van der Waals surface area contributed by atoms with Gasteiger partial charge in [0.25, 0.3) is 0 Å². The smallest absolute Gasteiger partial charge is 0.162 e. The highest BCUT2D eigenvalue weighted by molar-refractivity contribution is 6.01. The fraction of sp³-hybridized carbons (Fsp3) is 0.333. The molecule has 1 aliphatic carbocycles. The number of carbonyl (C=O) groups is 1. The normalized spacial score (nSPS) is 19.8. The third-order valence-corrected chi connectivity index (χ3v) is 6.38. The number of hydrogen-bond acceptors (Lipinski definition) is 6. The summed E-state index contributed by atoms with van der Waals surface area (Å²) in [5, 5.41) is 10.2. The van der Waals surface area contributed by atoms with Gasteiger partial charge in [0.15, 0.2) is 17.3 Å². The van der Waals surface area contributed by atoms with E-state index in [1.54, 1.807) is 20.3 Å². The third-order valence-electron chi connectivity index (χ3n) is 6.38. The largest absolute Gasteiger partial charge is 0.493 e. The molecule has 2 aromatic carbocycles. The second kappa shape index (κ2) is 8.32. The molecule has 0 spiro atoms. The molecule has 0 saturated carbocycles. The number of methoxy groups -OCH3 is 2. The molecule has 1 heterocycles. The van der Waals surface area contributed by atoms with E-state index in [0.29, 0.717) is 41.3 Å². The molecule has 2 N–H and O–H groups in total. The van der Waals surface area contributed by atoms with E-state index < -0.39 is 5.92 Å². The molecule has 6 nitrogen and oxygen atoms in total. The molecular formula is C27H29N3O3. The average Bonchev–Trinajstić information content (AvgIpc) is 2.77. The molecule has 1 atom stereocenters. The van der Waals surface area contributed by atoms with Crippen molar-refractivity contribution in [1.29, 1.82) is 5.26 Å². The number of nitrogens with zero attached hydrogens (tertiary/aromatic N) is 2. The predicted octanol–water partition coefficient (Wildman–Crippen LogP) is 4.95. The maximum atomic E-state index is 13.6. The van der Waals surface area contributed by atoms with Crippen LogP contribution in [0.1, 0.15) is 43.7 Å². The molecule has 0 fully saturated rings. The molecular weight excluding hydrogens is 414 g/mol. The summed E-state index contributed by atoms with van der Waals surface area (Å²) in [5.41, 5.74) is 11.0. The summed E-state index contributed by atoms with van der Waals surface area (Å²) >= 11 is 0. The Morgan fingerprint density at radius 2 is 1.82 bits per heavy atom. The number of nitriles is 1. The Balaban J connectivity index is 2.00. The van der Waals surface area contributed by atoms with Crippen molar-refractivity contribution in [2.75, 3.05) is 19.1 Å². The fourth-order valence-electron chi connectivity index (χ4n) is 4.94. The average molecular weight is 444 g/mol. The summed E-state index contributed by atoms with van der Waals surface area (Å²) in [7, 11) is 3.14. The summed E-state index contributed by atoms with van der Waals surface area (Å²) in [6.07, 6.45) is 1.08. The number of Topliss-reactive ketones (excluding diaryl/α,β-unsaturated/α-hetero) is 1. The first-order valence-electron chi connectivity index (χ1n) is 11.0. The molecule has 170 valence electrons. The van der Waals surface area contributed by atoms with Gasteiger partial charge in [0.2, 0.25) is 0 Å². The van der Waals surface area contributed by atoms with Gasteiger partial charge in [-0.15, -0.1) is 0 Å². The molecule has 0 saturated heterocycles. The third kappa shape index (κ3) is 3.84. The van der Waals surface area contributed by atoms with Crippen molar-refractivity contribution in [1.82, 2.24) is 0 Å². The van der Waals surface area contributed by atoms with Crippen molar-refractivity contribution >= 4 is 11.5 Å². The van der Waals surface area contributed by atoms with Crippen LogP contribution < -0.4 is 20.1 Å². The number of ketones is 1. The highest BCUT2D eigenvalue weighted by Crippen LogP contribution is 2.50. The minimum absolute atomic E-state index is 0.0407. The monoisotopic (exact) mass is 443 g/mol. The molecule has 2 aromatic rings. The number of aryl methyl sites for hydroxylation is 1. The molecule has 0 radical (unpaired) electrons. The lowest BCUT2D eigenvalue weighted by Crippen LogP contribution is -2.42. The number of nitrogens with two attached hydrogens (primary N) is 1. The topological polar surface area (TPSA) is 88.6 Å². The Morgan fingerprint density at radius 3 is 2.45 bits per heavy atom. The van der Waals surface area contributed by atoms with E-state index in [4.69, 9.17) is 15.2 Å². The van der Waals surface area contributed by atoms with Crippen LogP contribution in [0, 0.1) is 23.7 Å². The van der Waals surface area contributed by atoms with Gasteiger partial charge in [-0.05, 0) is 54.2 Å². The van der Waals surface area contributed by atoms with Gasteiger partial charge in [0, 0.05) is 23.4 Å². The van der Waals surface area contributed by atoms with Crippen LogP contribution in [0.15, 0.2) is 65.1 Å². The summed E-state index contributed by atoms with van der Waals surface area (Å²) in [5.74, 6) is 0.956. The van der Waals surface area contributed by atoms with Gasteiger partial charge in [0.1, 0.15) is 5.82 Å². The minimum Gasteiger partial charge on any atom is -0.493 e. The maximum absolute atomic E-state index is 13.6. The van der Waals surface area contributed by atoms with Crippen molar-refractivity contribution < 1.29 is 14.3 Å². The first-order chi connectivity index (χ1) is 15.7. The van der Waals surface area contributed by atoms with Crippen LogP contribution in [0.5, 0.6) is 11.5 Å². The number of ether oxygens (including phenoxy) is 2. The predicted molar refractivity (Wildman–Crippen MR) is 128 cm³/mol. The molecule has 0 aromatic heterocycles. The summed E-state index contributed by atoms with van der Waals surface area (Å²) in [6.45, 7) is 6.19. The van der Waals surface area contributed by atoms with Gasteiger partial charge < -0.3 is 15.2 Å². The molecule has 6 heteroatoms. The number of allylic oxidation sites excluding steroid dienone is 3. The highest BCUT2D eigenvalue weighted by Gasteiger charge is 2.44. The van der Waals surface area contributed by atoms with Gasteiger partial charge in [-0.25, -0.2) is 0 Å². The van der Waals surface area contributed by atoms with Crippen LogP contribution >= 0.6 is 0 Å². The Bertz CT molecular complexity index is 1230. The molecule has 0 bridgehead atoms. The van der Waals surface area contributed by atoms with E-state index in [-0.39, 0.29) is 11.2 Å². The van der Waals surface area contributed by atoms with Gasteiger partial charge >= 0.3 is 0 Å². The number of benzene rings is 2. The quantitative estimate of drug-likeness (QED) is 0.719. The molecule has 4 rings (SSSR count). The van der Waals surface area contributed by atoms with E-state index in [1.807, 2.05) is 48.2 Å². The van der Waals surface area contributed by atoms with E-state index in [2.05, 4.69) is 19.9 Å². The number of hydrogen-bond donors (Lipinski definition) is 1. The Kier molecular flexibility index (Phi) is 5.67. The van der Waals surface area contributed by atoms with Crippen LogP contribution in [0.2, 0.25) is 0 Å². The molecule has 0 amide bonds. The van der Waals surface area contributed by atoms with Crippen molar-refractivity contribution in [2.24, 2.45) is 11.1 Å². The van der Waals surface area contributed by atoms with Crippen LogP contribution in [0.3, 0.4) is 0 Å². The Labute approximate surface area is 194 Å². The minimum atomic E-state index is -0.561. The van der Waals surface area contributed by atoms with Crippen LogP contribution in [-0.4, -0.2) is 20.0 Å². The molecule has 33 heavy (non-hydrogen) atoms. The van der Waals surface area contributed by atoms with Gasteiger partial charge in [-0.1, -0.05) is 32.0 Å². The zero-order valence-corrected chi connectivity index (χ0v) is 19.7. The van der Waals surface area contributed by atoms with Crippen LogP contribution in [-0.2, 0) is 4.79 Å². The van der Waals surface area contributed by atoms with Gasteiger partial charge in [0.05, 0.1) is 31.8 Å². The summed E-state index contributed by atoms with van der Waals surface area (Å²) in [6, 6.07) is 15.8. The Hall–Kier alpha value is -3.72. The number of carbonyl (C=O) groups excluding carboxylic acids is 1. The lowest BCUT2D eigenvalue weighted by atomic mass is 9.68. The summed E-state index contributed by atoms with van der Waals surface area (Å²) in [4.78, 5) is 15.5. The van der Waals surface area contributed by atoms with Gasteiger partial charge in [-0.2, -0.15) is 5.26 Å². The maximum Gasteiger partial charge on any atom is 0.162 e. The van der Waals surface area contributed by atoms with Gasteiger partial charge in [-0.3, -0.25) is 9.69 Å². The van der Waals surface area contributed by atoms with E-state index in [1.165, 1.54) is 0 Å². The second-order valence-corrected chi connectivity index (χ2v) is 9.43. The SMILES string of the molecule is COc1ccc([C@@H]2C(C#N)=C(N)N(c3cccc(C)c3)C3=C2C(=O)CC(C)(C)C3)cc1OC. The van der Waals surface area contributed by atoms with E-state index >= 15 is 0 Å². The molecule has 0 unspecified atom stereocenters. The molecule has 2 aliphatic rings. The standard InChI is InChI=1S/C27H29N3O3/c1-16-7-6-8-18(11-16)30-20-13-27(2,3)14-21(31)25(20)24(19(15-28)26(30)29)17-9-10-22(32-4)23(12-17)33-5/h6-12,24H,13-14,29H2,1-5H3/t24-/m1/s1. The fourth-order valence-corrected chi connectivity index (χ4v) is 4.94. The van der Waals surface area contributed by atoms with E-state index in [9.17, 15) is 10.1 Å². The van der Waals surface area contributed by atoms with Crippen molar-refractivity contribution in [3.05, 3.63) is 76.3 Å². The Morgan fingerprint density at radius 1 is 1.09 bits per heavy atom. The lowest BCUT2D eigenvalue weighted by Gasteiger charge is -2.43. The van der Waals surface area contributed by atoms with Crippen LogP contribution in [0.4, 0.5) is 5.69 Å². The van der Waals surface area contributed by atoms with Crippen molar-refractivity contribution in [2.45, 2.75) is 39.5 Å². The van der Waals surface area contributed by atoms with Crippen molar-refractivity contribution in [3.63, 3.8) is 0 Å². The highest BCUT2D eigenvalue weighted by atomic mass is 16.5. The molecule has 1 aliphatic heterocycles. The first-order valence-corrected chi connectivity index (χ1v) is 11.0. The summed E-state index contributed by atoms with van der Waals surface area (Å²) < 4.78 is 10.9. The zero-order valence-electron chi connectivity index (χ0n) is 19.7.